The average molecular weight is 410 g/mol. The fourth-order valence-electron chi connectivity index (χ4n) is 2.26. The summed E-state index contributed by atoms with van der Waals surface area (Å²) >= 11 is 6.35. The highest BCUT2D eigenvalue weighted by molar-refractivity contribution is 8.26. The SMILES string of the molecule is COc1ccc(/C=C2/SC(=S)N(CCC(=O)NCC(=O)O)C2=O)cc1OC. The minimum atomic E-state index is -1.13. The minimum Gasteiger partial charge on any atom is -0.493 e. The number of carbonyl (C=O) groups excluding carboxylic acids is 2. The Morgan fingerprint density at radius 3 is 2.63 bits per heavy atom. The van der Waals surface area contributed by atoms with Crippen molar-refractivity contribution in [2.45, 2.75) is 6.42 Å². The van der Waals surface area contributed by atoms with E-state index >= 15 is 0 Å². The molecule has 8 nitrogen and oxygen atoms in total. The standard InChI is InChI=1S/C17H18N2O6S2/c1-24-11-4-3-10(7-12(11)25-2)8-13-16(23)19(17(26)27-13)6-5-14(20)18-9-15(21)22/h3-4,7-8H,5-6,9H2,1-2H3,(H,18,20)(H,21,22)/b13-8+. The molecule has 0 atom stereocenters. The molecule has 27 heavy (non-hydrogen) atoms. The Morgan fingerprint density at radius 2 is 2.00 bits per heavy atom. The number of nitrogens with one attached hydrogen (secondary N) is 1. The summed E-state index contributed by atoms with van der Waals surface area (Å²) in [7, 11) is 3.06. The van der Waals surface area contributed by atoms with Crippen LogP contribution >= 0.6 is 24.0 Å². The molecule has 1 fully saturated rings. The third-order valence-corrected chi connectivity index (χ3v) is 4.96. The molecule has 0 spiro atoms. The van der Waals surface area contributed by atoms with Crippen LogP contribution in [-0.2, 0) is 14.4 Å². The van der Waals surface area contributed by atoms with E-state index in [-0.39, 0.29) is 18.9 Å². The third-order valence-electron chi connectivity index (χ3n) is 3.58. The molecule has 0 bridgehead atoms. The van der Waals surface area contributed by atoms with Crippen LogP contribution in [0.25, 0.3) is 6.08 Å². The molecule has 1 aromatic carbocycles. The molecule has 2 N–H and O–H groups in total. The van der Waals surface area contributed by atoms with Crippen LogP contribution in [0.15, 0.2) is 23.1 Å². The van der Waals surface area contributed by atoms with Crippen molar-refractivity contribution in [3.8, 4) is 11.5 Å². The van der Waals surface area contributed by atoms with Gasteiger partial charge in [0.15, 0.2) is 11.5 Å². The zero-order chi connectivity index (χ0) is 20.0. The van der Waals surface area contributed by atoms with Crippen LogP contribution in [0.1, 0.15) is 12.0 Å². The summed E-state index contributed by atoms with van der Waals surface area (Å²) in [4.78, 5) is 36.4. The lowest BCUT2D eigenvalue weighted by Crippen LogP contribution is -2.35. The Balaban J connectivity index is 2.05. The first kappa shape index (κ1) is 20.7. The second-order valence-electron chi connectivity index (χ2n) is 5.37. The second kappa shape index (κ2) is 9.38. The van der Waals surface area contributed by atoms with Gasteiger partial charge in [-0.15, -0.1) is 0 Å². The number of carboxylic acid groups (broad SMARTS) is 1. The lowest BCUT2D eigenvalue weighted by Gasteiger charge is -2.13. The number of amides is 2. The molecule has 0 aliphatic carbocycles. The largest absolute Gasteiger partial charge is 0.493 e. The molecule has 144 valence electrons. The van der Waals surface area contributed by atoms with Crippen molar-refractivity contribution in [2.24, 2.45) is 0 Å². The topological polar surface area (TPSA) is 105 Å². The number of nitrogens with zero attached hydrogens (tertiary/aromatic N) is 1. The van der Waals surface area contributed by atoms with Crippen LogP contribution in [0.4, 0.5) is 0 Å². The number of carbonyl (C=O) groups is 3. The number of aliphatic carboxylic acids is 1. The second-order valence-corrected chi connectivity index (χ2v) is 7.04. The first-order chi connectivity index (χ1) is 12.8. The number of carboxylic acids is 1. The summed E-state index contributed by atoms with van der Waals surface area (Å²) in [6.07, 6.45) is 1.65. The Labute approximate surface area is 165 Å². The van der Waals surface area contributed by atoms with Gasteiger partial charge in [0.2, 0.25) is 5.91 Å². The predicted molar refractivity (Wildman–Crippen MR) is 105 cm³/mol. The minimum absolute atomic E-state index is 0.0383. The molecule has 0 radical (unpaired) electrons. The zero-order valence-electron chi connectivity index (χ0n) is 14.7. The Bertz CT molecular complexity index is 809. The molecular formula is C17H18N2O6S2. The van der Waals surface area contributed by atoms with Gasteiger partial charge < -0.3 is 19.9 Å². The summed E-state index contributed by atoms with van der Waals surface area (Å²) in [5.41, 5.74) is 0.743. The molecule has 2 amide bonds. The molecule has 0 saturated carbocycles. The van der Waals surface area contributed by atoms with Gasteiger partial charge in [0.25, 0.3) is 5.91 Å². The average Bonchev–Trinajstić information content (AvgIpc) is 2.91. The molecule has 1 saturated heterocycles. The van der Waals surface area contributed by atoms with Crippen molar-refractivity contribution < 1.29 is 29.0 Å². The molecule has 10 heteroatoms. The Kier molecular flexibility index (Phi) is 7.19. The lowest BCUT2D eigenvalue weighted by atomic mass is 10.2. The van der Waals surface area contributed by atoms with Crippen LogP contribution in [0, 0.1) is 0 Å². The van der Waals surface area contributed by atoms with Crippen molar-refractivity contribution in [1.29, 1.82) is 0 Å². The highest BCUT2D eigenvalue weighted by Crippen LogP contribution is 2.34. The van der Waals surface area contributed by atoms with Gasteiger partial charge in [-0.1, -0.05) is 30.0 Å². The van der Waals surface area contributed by atoms with E-state index in [2.05, 4.69) is 5.32 Å². The van der Waals surface area contributed by atoms with E-state index in [1.807, 2.05) is 0 Å². The van der Waals surface area contributed by atoms with Crippen LogP contribution in [0.3, 0.4) is 0 Å². The van der Waals surface area contributed by atoms with Gasteiger partial charge in [0, 0.05) is 13.0 Å². The van der Waals surface area contributed by atoms with E-state index in [9.17, 15) is 14.4 Å². The van der Waals surface area contributed by atoms with E-state index in [4.69, 9.17) is 26.8 Å². The molecule has 2 rings (SSSR count). The summed E-state index contributed by atoms with van der Waals surface area (Å²) in [5, 5.41) is 10.8. The fraction of sp³-hybridized carbons (Fsp3) is 0.294. The van der Waals surface area contributed by atoms with E-state index in [1.165, 1.54) is 19.1 Å². The molecular weight excluding hydrogens is 392 g/mol. The summed E-state index contributed by atoms with van der Waals surface area (Å²) in [6.45, 7) is -0.379. The maximum absolute atomic E-state index is 12.5. The van der Waals surface area contributed by atoms with Crippen LogP contribution < -0.4 is 14.8 Å². The van der Waals surface area contributed by atoms with E-state index in [0.717, 1.165) is 17.3 Å². The fourth-order valence-corrected chi connectivity index (χ4v) is 3.57. The summed E-state index contributed by atoms with van der Waals surface area (Å²) in [5.74, 6) is -0.778. The number of benzene rings is 1. The third kappa shape index (κ3) is 5.44. The monoisotopic (exact) mass is 410 g/mol. The number of hydrogen-bond acceptors (Lipinski definition) is 7. The Morgan fingerprint density at radius 1 is 1.30 bits per heavy atom. The number of ether oxygens (including phenoxy) is 2. The van der Waals surface area contributed by atoms with Crippen molar-refractivity contribution in [2.75, 3.05) is 27.3 Å². The van der Waals surface area contributed by atoms with Crippen molar-refractivity contribution >= 4 is 52.2 Å². The number of hydrogen-bond donors (Lipinski definition) is 2. The highest BCUT2D eigenvalue weighted by atomic mass is 32.2. The lowest BCUT2D eigenvalue weighted by molar-refractivity contribution is -0.138. The van der Waals surface area contributed by atoms with Gasteiger partial charge in [0.1, 0.15) is 10.9 Å². The van der Waals surface area contributed by atoms with E-state index in [0.29, 0.717) is 20.7 Å². The molecule has 0 unspecified atom stereocenters. The van der Waals surface area contributed by atoms with Crippen molar-refractivity contribution in [1.82, 2.24) is 10.2 Å². The quantitative estimate of drug-likeness (QED) is 0.491. The van der Waals surface area contributed by atoms with Gasteiger partial charge >= 0.3 is 5.97 Å². The highest BCUT2D eigenvalue weighted by Gasteiger charge is 2.32. The van der Waals surface area contributed by atoms with Gasteiger partial charge in [-0.2, -0.15) is 0 Å². The molecule has 0 aromatic heterocycles. The zero-order valence-corrected chi connectivity index (χ0v) is 16.3. The molecule has 1 aliphatic heterocycles. The molecule has 1 aromatic rings. The predicted octanol–water partition coefficient (Wildman–Crippen LogP) is 1.50. The summed E-state index contributed by atoms with van der Waals surface area (Å²) < 4.78 is 10.8. The van der Waals surface area contributed by atoms with Crippen LogP contribution in [0.2, 0.25) is 0 Å². The van der Waals surface area contributed by atoms with Crippen molar-refractivity contribution in [3.63, 3.8) is 0 Å². The smallest absolute Gasteiger partial charge is 0.322 e. The van der Waals surface area contributed by atoms with Gasteiger partial charge in [-0.3, -0.25) is 19.3 Å². The maximum atomic E-state index is 12.5. The molecule has 1 heterocycles. The Hall–Kier alpha value is -2.59. The van der Waals surface area contributed by atoms with E-state index < -0.39 is 18.4 Å². The van der Waals surface area contributed by atoms with Crippen molar-refractivity contribution in [3.05, 3.63) is 28.7 Å². The van der Waals surface area contributed by atoms with E-state index in [1.54, 1.807) is 24.3 Å². The van der Waals surface area contributed by atoms with Gasteiger partial charge in [-0.25, -0.2) is 0 Å². The van der Waals surface area contributed by atoms with Crippen LogP contribution in [0.5, 0.6) is 11.5 Å². The first-order valence-corrected chi connectivity index (χ1v) is 9.04. The van der Waals surface area contributed by atoms with Crippen LogP contribution in [-0.4, -0.2) is 59.4 Å². The van der Waals surface area contributed by atoms with Gasteiger partial charge in [0.05, 0.1) is 19.1 Å². The molecule has 1 aliphatic rings. The number of thioether (sulfide) groups is 1. The number of rotatable bonds is 8. The number of methoxy groups -OCH3 is 2. The number of thiocarbonyl (C=S) groups is 1. The van der Waals surface area contributed by atoms with Gasteiger partial charge in [-0.05, 0) is 23.8 Å². The first-order valence-electron chi connectivity index (χ1n) is 7.81. The summed E-state index contributed by atoms with van der Waals surface area (Å²) in [6, 6.07) is 5.26. The maximum Gasteiger partial charge on any atom is 0.322 e. The normalized spacial score (nSPS) is 15.2.